The van der Waals surface area contributed by atoms with E-state index < -0.39 is 0 Å². The van der Waals surface area contributed by atoms with E-state index in [4.69, 9.17) is 9.47 Å². The summed E-state index contributed by atoms with van der Waals surface area (Å²) >= 11 is 0. The second kappa shape index (κ2) is 9.32. The highest BCUT2D eigenvalue weighted by atomic mass is 16.5. The molecular weight excluding hydrogens is 320 g/mol. The van der Waals surface area contributed by atoms with Crippen molar-refractivity contribution in [3.8, 4) is 11.5 Å². The molecule has 2 amide bonds. The molecule has 0 atom stereocenters. The van der Waals surface area contributed by atoms with Crippen LogP contribution in [-0.2, 0) is 4.79 Å². The van der Waals surface area contributed by atoms with Crippen LogP contribution in [0.2, 0.25) is 0 Å². The van der Waals surface area contributed by atoms with Gasteiger partial charge < -0.3 is 20.1 Å². The van der Waals surface area contributed by atoms with Crippen LogP contribution < -0.4 is 20.1 Å². The summed E-state index contributed by atoms with van der Waals surface area (Å²) in [6.07, 6.45) is 0.960. The molecular formula is C19H22N2O4. The highest BCUT2D eigenvalue weighted by molar-refractivity contribution is 5.95. The number of rotatable bonds is 8. The van der Waals surface area contributed by atoms with Gasteiger partial charge in [-0.1, -0.05) is 0 Å². The highest BCUT2D eigenvalue weighted by Gasteiger charge is 2.05. The first-order valence-electron chi connectivity index (χ1n) is 8.01. The normalized spacial score (nSPS) is 10.0. The van der Waals surface area contributed by atoms with Gasteiger partial charge in [0.25, 0.3) is 5.91 Å². The quantitative estimate of drug-likeness (QED) is 0.723. The lowest BCUT2D eigenvalue weighted by Crippen LogP contribution is -2.18. The van der Waals surface area contributed by atoms with Gasteiger partial charge in [0, 0.05) is 24.7 Å². The maximum atomic E-state index is 11.9. The third-order valence-electron chi connectivity index (χ3n) is 3.53. The Morgan fingerprint density at radius 2 is 1.60 bits per heavy atom. The Hall–Kier alpha value is -3.02. The van der Waals surface area contributed by atoms with E-state index in [1.54, 1.807) is 38.4 Å². The standard InChI is InChI=1S/C19H22N2O4/c1-20-19(23)14-5-7-15(8-6-14)21-18(22)4-3-13-25-17-11-9-16(24-2)10-12-17/h5-12H,3-4,13H2,1-2H3,(H,20,23)(H,21,22). The van der Waals surface area contributed by atoms with E-state index >= 15 is 0 Å². The Morgan fingerprint density at radius 1 is 0.960 bits per heavy atom. The third kappa shape index (κ3) is 5.84. The number of ether oxygens (including phenoxy) is 2. The average molecular weight is 342 g/mol. The first-order chi connectivity index (χ1) is 12.1. The number of nitrogens with one attached hydrogen (secondary N) is 2. The minimum atomic E-state index is -0.159. The predicted octanol–water partition coefficient (Wildman–Crippen LogP) is 2.85. The highest BCUT2D eigenvalue weighted by Crippen LogP contribution is 2.17. The molecule has 0 saturated heterocycles. The van der Waals surface area contributed by atoms with Crippen molar-refractivity contribution >= 4 is 17.5 Å². The van der Waals surface area contributed by atoms with Crippen LogP contribution in [0.1, 0.15) is 23.2 Å². The fourth-order valence-electron chi connectivity index (χ4n) is 2.17. The van der Waals surface area contributed by atoms with Crippen molar-refractivity contribution in [2.45, 2.75) is 12.8 Å². The summed E-state index contributed by atoms with van der Waals surface area (Å²) in [4.78, 5) is 23.4. The lowest BCUT2D eigenvalue weighted by molar-refractivity contribution is -0.116. The van der Waals surface area contributed by atoms with E-state index in [1.807, 2.05) is 24.3 Å². The van der Waals surface area contributed by atoms with Crippen LogP contribution in [0.25, 0.3) is 0 Å². The SMILES string of the molecule is CNC(=O)c1ccc(NC(=O)CCCOc2ccc(OC)cc2)cc1. The Balaban J connectivity index is 1.70. The molecule has 0 fully saturated rings. The number of hydrogen-bond acceptors (Lipinski definition) is 4. The van der Waals surface area contributed by atoms with Crippen LogP contribution in [-0.4, -0.2) is 32.6 Å². The van der Waals surface area contributed by atoms with Crippen molar-refractivity contribution in [1.29, 1.82) is 0 Å². The lowest BCUT2D eigenvalue weighted by Gasteiger charge is -2.08. The van der Waals surface area contributed by atoms with Crippen LogP contribution in [0.5, 0.6) is 11.5 Å². The van der Waals surface area contributed by atoms with Gasteiger partial charge in [0.15, 0.2) is 0 Å². The number of amides is 2. The summed E-state index contributed by atoms with van der Waals surface area (Å²) in [5.74, 6) is 1.26. The minimum Gasteiger partial charge on any atom is -0.497 e. The van der Waals surface area contributed by atoms with E-state index in [0.29, 0.717) is 30.7 Å². The Morgan fingerprint density at radius 3 is 2.20 bits per heavy atom. The molecule has 0 saturated carbocycles. The van der Waals surface area contributed by atoms with Gasteiger partial charge in [0.2, 0.25) is 5.91 Å². The molecule has 0 aliphatic heterocycles. The molecule has 0 radical (unpaired) electrons. The molecule has 2 rings (SSSR count). The zero-order valence-electron chi connectivity index (χ0n) is 14.4. The maximum Gasteiger partial charge on any atom is 0.251 e. The van der Waals surface area contributed by atoms with E-state index in [0.717, 1.165) is 11.5 Å². The summed E-state index contributed by atoms with van der Waals surface area (Å²) in [5.41, 5.74) is 1.21. The van der Waals surface area contributed by atoms with Crippen molar-refractivity contribution in [2.75, 3.05) is 26.1 Å². The van der Waals surface area contributed by atoms with Gasteiger partial charge in [-0.3, -0.25) is 9.59 Å². The first kappa shape index (κ1) is 18.3. The number of benzene rings is 2. The van der Waals surface area contributed by atoms with Crippen molar-refractivity contribution in [3.05, 3.63) is 54.1 Å². The van der Waals surface area contributed by atoms with Gasteiger partial charge in [-0.25, -0.2) is 0 Å². The molecule has 0 aromatic heterocycles. The van der Waals surface area contributed by atoms with Crippen LogP contribution >= 0.6 is 0 Å². The molecule has 2 N–H and O–H groups in total. The van der Waals surface area contributed by atoms with Gasteiger partial charge >= 0.3 is 0 Å². The van der Waals surface area contributed by atoms with E-state index in [1.165, 1.54) is 0 Å². The molecule has 6 nitrogen and oxygen atoms in total. The Kier molecular flexibility index (Phi) is 6.83. The molecule has 0 bridgehead atoms. The Labute approximate surface area is 147 Å². The van der Waals surface area contributed by atoms with Crippen molar-refractivity contribution in [1.82, 2.24) is 5.32 Å². The number of carbonyl (C=O) groups is 2. The zero-order chi connectivity index (χ0) is 18.1. The summed E-state index contributed by atoms with van der Waals surface area (Å²) in [6.45, 7) is 0.454. The maximum absolute atomic E-state index is 11.9. The molecule has 2 aromatic rings. The van der Waals surface area contributed by atoms with E-state index in [2.05, 4.69) is 10.6 Å². The van der Waals surface area contributed by atoms with Crippen LogP contribution in [0.4, 0.5) is 5.69 Å². The molecule has 6 heteroatoms. The summed E-state index contributed by atoms with van der Waals surface area (Å²) in [7, 11) is 3.19. The second-order valence-electron chi connectivity index (χ2n) is 5.33. The predicted molar refractivity (Wildman–Crippen MR) is 96.2 cm³/mol. The number of methoxy groups -OCH3 is 1. The topological polar surface area (TPSA) is 76.7 Å². The number of anilines is 1. The molecule has 0 aliphatic rings. The van der Waals surface area contributed by atoms with Gasteiger partial charge in [-0.15, -0.1) is 0 Å². The van der Waals surface area contributed by atoms with Gasteiger partial charge in [0.05, 0.1) is 13.7 Å². The van der Waals surface area contributed by atoms with E-state index in [9.17, 15) is 9.59 Å². The summed E-state index contributed by atoms with van der Waals surface area (Å²) in [5, 5.41) is 5.35. The van der Waals surface area contributed by atoms with Gasteiger partial charge in [-0.05, 0) is 55.0 Å². The molecule has 0 unspecified atom stereocenters. The van der Waals surface area contributed by atoms with Crippen molar-refractivity contribution in [2.24, 2.45) is 0 Å². The molecule has 0 heterocycles. The molecule has 0 aliphatic carbocycles. The minimum absolute atomic E-state index is 0.0916. The van der Waals surface area contributed by atoms with Crippen LogP contribution in [0.3, 0.4) is 0 Å². The van der Waals surface area contributed by atoms with Crippen LogP contribution in [0, 0.1) is 0 Å². The van der Waals surface area contributed by atoms with Gasteiger partial charge in [0.1, 0.15) is 11.5 Å². The second-order valence-corrected chi connectivity index (χ2v) is 5.33. The van der Waals surface area contributed by atoms with E-state index in [-0.39, 0.29) is 11.8 Å². The Bertz CT molecular complexity index is 696. The largest absolute Gasteiger partial charge is 0.497 e. The monoisotopic (exact) mass is 342 g/mol. The average Bonchev–Trinajstić information content (AvgIpc) is 2.65. The molecule has 0 spiro atoms. The molecule has 25 heavy (non-hydrogen) atoms. The third-order valence-corrected chi connectivity index (χ3v) is 3.53. The molecule has 2 aromatic carbocycles. The fourth-order valence-corrected chi connectivity index (χ4v) is 2.17. The lowest BCUT2D eigenvalue weighted by atomic mass is 10.2. The summed E-state index contributed by atoms with van der Waals surface area (Å²) in [6, 6.07) is 14.0. The number of carbonyl (C=O) groups excluding carboxylic acids is 2. The zero-order valence-corrected chi connectivity index (χ0v) is 14.4. The summed E-state index contributed by atoms with van der Waals surface area (Å²) < 4.78 is 10.7. The number of hydrogen-bond donors (Lipinski definition) is 2. The van der Waals surface area contributed by atoms with Crippen molar-refractivity contribution in [3.63, 3.8) is 0 Å². The fraction of sp³-hybridized carbons (Fsp3) is 0.263. The van der Waals surface area contributed by atoms with Crippen LogP contribution in [0.15, 0.2) is 48.5 Å². The smallest absolute Gasteiger partial charge is 0.251 e. The van der Waals surface area contributed by atoms with Gasteiger partial charge in [-0.2, -0.15) is 0 Å². The molecule has 132 valence electrons. The first-order valence-corrected chi connectivity index (χ1v) is 8.01. The van der Waals surface area contributed by atoms with Crippen molar-refractivity contribution < 1.29 is 19.1 Å².